The van der Waals surface area contributed by atoms with Gasteiger partial charge in [-0.2, -0.15) is 0 Å². The summed E-state index contributed by atoms with van der Waals surface area (Å²) in [5.74, 6) is -0.187. The number of carbonyl (C=O) groups is 2. The summed E-state index contributed by atoms with van der Waals surface area (Å²) in [6.07, 6.45) is 5.73. The number of piperidine rings is 1. The number of hydrogen-bond acceptors (Lipinski definition) is 3. The van der Waals surface area contributed by atoms with Crippen LogP contribution < -0.4 is 4.90 Å². The van der Waals surface area contributed by atoms with Gasteiger partial charge in [0.05, 0.1) is 5.56 Å². The largest absolute Gasteiger partial charge is 0.327 e. The predicted octanol–water partition coefficient (Wildman–Crippen LogP) is 4.41. The highest BCUT2D eigenvalue weighted by Gasteiger charge is 2.34. The standard InChI is InChI=1S/C25H25N3O2/c1-27(22-14-12-20(13-15-22)19-8-3-2-4-9-19)25(30)23-11-5-6-17-28(23)24(29)21-10-7-16-26-18-21/h2-4,7-10,12-16,18,23H,5-6,11,17H2,1H3. The minimum atomic E-state index is -0.453. The molecule has 30 heavy (non-hydrogen) atoms. The molecule has 0 spiro atoms. The Labute approximate surface area is 177 Å². The molecule has 1 aliphatic heterocycles. The maximum Gasteiger partial charge on any atom is 0.256 e. The fourth-order valence-electron chi connectivity index (χ4n) is 3.95. The Morgan fingerprint density at radius 1 is 0.933 bits per heavy atom. The SMILES string of the molecule is CN(C(=O)C1CCCCN1C(=O)c1cccnc1)c1ccc(-c2ccccc2)cc1. The molecule has 2 aromatic carbocycles. The van der Waals surface area contributed by atoms with E-state index >= 15 is 0 Å². The number of hydrogen-bond donors (Lipinski definition) is 0. The van der Waals surface area contributed by atoms with Gasteiger partial charge in [-0.1, -0.05) is 42.5 Å². The fraction of sp³-hybridized carbons (Fsp3) is 0.240. The van der Waals surface area contributed by atoms with E-state index < -0.39 is 6.04 Å². The normalized spacial score (nSPS) is 16.2. The molecule has 0 saturated carbocycles. The van der Waals surface area contributed by atoms with Crippen LogP contribution in [0.4, 0.5) is 5.69 Å². The number of nitrogens with zero attached hydrogens (tertiary/aromatic N) is 3. The molecule has 0 N–H and O–H groups in total. The van der Waals surface area contributed by atoms with Crippen molar-refractivity contribution in [3.63, 3.8) is 0 Å². The average Bonchev–Trinajstić information content (AvgIpc) is 2.84. The van der Waals surface area contributed by atoms with Gasteiger partial charge in [0.2, 0.25) is 5.91 Å². The summed E-state index contributed by atoms with van der Waals surface area (Å²) < 4.78 is 0. The zero-order valence-electron chi connectivity index (χ0n) is 17.1. The highest BCUT2D eigenvalue weighted by molar-refractivity contribution is 6.02. The van der Waals surface area contributed by atoms with E-state index in [1.54, 1.807) is 41.4 Å². The minimum absolute atomic E-state index is 0.0561. The molecule has 0 radical (unpaired) electrons. The van der Waals surface area contributed by atoms with Gasteiger partial charge < -0.3 is 9.80 Å². The first-order chi connectivity index (χ1) is 14.6. The second kappa shape index (κ2) is 8.91. The molecular formula is C25H25N3O2. The van der Waals surface area contributed by atoms with Gasteiger partial charge in [-0.15, -0.1) is 0 Å². The number of carbonyl (C=O) groups excluding carboxylic acids is 2. The second-order valence-corrected chi connectivity index (χ2v) is 7.56. The van der Waals surface area contributed by atoms with E-state index in [-0.39, 0.29) is 11.8 Å². The van der Waals surface area contributed by atoms with Crippen LogP contribution in [0.3, 0.4) is 0 Å². The summed E-state index contributed by atoms with van der Waals surface area (Å²) in [5.41, 5.74) is 3.58. The first-order valence-electron chi connectivity index (χ1n) is 10.3. The van der Waals surface area contributed by atoms with Gasteiger partial charge in [0.25, 0.3) is 5.91 Å². The Morgan fingerprint density at radius 2 is 1.67 bits per heavy atom. The molecule has 152 valence electrons. The molecule has 1 fully saturated rings. The van der Waals surface area contributed by atoms with Crippen molar-refractivity contribution in [1.82, 2.24) is 9.88 Å². The quantitative estimate of drug-likeness (QED) is 0.653. The highest BCUT2D eigenvalue weighted by atomic mass is 16.2. The molecule has 0 aliphatic carbocycles. The maximum absolute atomic E-state index is 13.3. The Bertz CT molecular complexity index is 1000. The van der Waals surface area contributed by atoms with Gasteiger partial charge in [-0.05, 0) is 54.7 Å². The van der Waals surface area contributed by atoms with Crippen LogP contribution in [0.5, 0.6) is 0 Å². The number of likely N-dealkylation sites (tertiary alicyclic amines) is 1. The number of amides is 2. The molecule has 2 heterocycles. The van der Waals surface area contributed by atoms with Gasteiger partial charge in [0, 0.05) is 31.7 Å². The summed E-state index contributed by atoms with van der Waals surface area (Å²) in [6.45, 7) is 0.588. The van der Waals surface area contributed by atoms with Crippen molar-refractivity contribution >= 4 is 17.5 Å². The van der Waals surface area contributed by atoms with Crippen molar-refractivity contribution in [3.05, 3.63) is 84.7 Å². The van der Waals surface area contributed by atoms with E-state index in [2.05, 4.69) is 17.1 Å². The number of benzene rings is 2. The first-order valence-corrected chi connectivity index (χ1v) is 10.3. The van der Waals surface area contributed by atoms with E-state index in [0.717, 1.165) is 29.7 Å². The number of rotatable bonds is 4. The zero-order chi connectivity index (χ0) is 20.9. The van der Waals surface area contributed by atoms with Crippen molar-refractivity contribution in [1.29, 1.82) is 0 Å². The number of anilines is 1. The Kier molecular flexibility index (Phi) is 5.89. The van der Waals surface area contributed by atoms with E-state index in [1.807, 2.05) is 42.5 Å². The average molecular weight is 399 g/mol. The molecule has 0 bridgehead atoms. The van der Waals surface area contributed by atoms with Crippen molar-refractivity contribution in [3.8, 4) is 11.1 Å². The van der Waals surface area contributed by atoms with Crippen LogP contribution >= 0.6 is 0 Å². The van der Waals surface area contributed by atoms with Gasteiger partial charge in [0.15, 0.2) is 0 Å². The van der Waals surface area contributed by atoms with Crippen LogP contribution in [-0.4, -0.2) is 41.3 Å². The van der Waals surface area contributed by atoms with E-state index in [1.165, 1.54) is 0 Å². The van der Waals surface area contributed by atoms with Crippen LogP contribution in [0.25, 0.3) is 11.1 Å². The van der Waals surface area contributed by atoms with Gasteiger partial charge in [-0.25, -0.2) is 0 Å². The van der Waals surface area contributed by atoms with Crippen molar-refractivity contribution in [2.75, 3.05) is 18.5 Å². The highest BCUT2D eigenvalue weighted by Crippen LogP contribution is 2.26. The van der Waals surface area contributed by atoms with Crippen LogP contribution in [0.15, 0.2) is 79.1 Å². The summed E-state index contributed by atoms with van der Waals surface area (Å²) in [5, 5.41) is 0. The molecule has 5 nitrogen and oxygen atoms in total. The van der Waals surface area contributed by atoms with Gasteiger partial charge in [0.1, 0.15) is 6.04 Å². The lowest BCUT2D eigenvalue weighted by Gasteiger charge is -2.36. The summed E-state index contributed by atoms with van der Waals surface area (Å²) in [6, 6.07) is 21.1. The lowest BCUT2D eigenvalue weighted by atomic mass is 9.99. The summed E-state index contributed by atoms with van der Waals surface area (Å²) in [4.78, 5) is 33.7. The summed E-state index contributed by atoms with van der Waals surface area (Å²) in [7, 11) is 1.78. The van der Waals surface area contributed by atoms with Crippen molar-refractivity contribution in [2.24, 2.45) is 0 Å². The van der Waals surface area contributed by atoms with E-state index in [9.17, 15) is 9.59 Å². The molecule has 3 aromatic rings. The van der Waals surface area contributed by atoms with Crippen LogP contribution in [0.1, 0.15) is 29.6 Å². The fourth-order valence-corrected chi connectivity index (χ4v) is 3.95. The molecule has 1 aliphatic rings. The molecule has 5 heteroatoms. The van der Waals surface area contributed by atoms with E-state index in [0.29, 0.717) is 18.5 Å². The monoisotopic (exact) mass is 399 g/mol. The summed E-state index contributed by atoms with van der Waals surface area (Å²) >= 11 is 0. The lowest BCUT2D eigenvalue weighted by molar-refractivity contribution is -0.123. The molecule has 4 rings (SSSR count). The first kappa shape index (κ1) is 19.8. The Balaban J connectivity index is 1.52. The molecule has 1 saturated heterocycles. The molecule has 2 amide bonds. The third-order valence-corrected chi connectivity index (χ3v) is 5.65. The third kappa shape index (κ3) is 4.10. The molecule has 1 atom stereocenters. The zero-order valence-corrected chi connectivity index (χ0v) is 17.1. The van der Waals surface area contributed by atoms with Crippen LogP contribution in [0.2, 0.25) is 0 Å². The van der Waals surface area contributed by atoms with Gasteiger partial charge >= 0.3 is 0 Å². The van der Waals surface area contributed by atoms with Crippen molar-refractivity contribution < 1.29 is 9.59 Å². The second-order valence-electron chi connectivity index (χ2n) is 7.56. The molecular weight excluding hydrogens is 374 g/mol. The predicted molar refractivity (Wildman–Crippen MR) is 118 cm³/mol. The van der Waals surface area contributed by atoms with E-state index in [4.69, 9.17) is 0 Å². The molecule has 1 unspecified atom stereocenters. The topological polar surface area (TPSA) is 53.5 Å². The molecule has 1 aromatic heterocycles. The maximum atomic E-state index is 13.3. The lowest BCUT2D eigenvalue weighted by Crippen LogP contribution is -2.52. The Morgan fingerprint density at radius 3 is 2.37 bits per heavy atom. The Hall–Kier alpha value is -3.47. The minimum Gasteiger partial charge on any atom is -0.327 e. The van der Waals surface area contributed by atoms with Gasteiger partial charge in [-0.3, -0.25) is 14.6 Å². The number of aromatic nitrogens is 1. The number of pyridine rings is 1. The third-order valence-electron chi connectivity index (χ3n) is 5.65. The smallest absolute Gasteiger partial charge is 0.256 e. The van der Waals surface area contributed by atoms with Crippen LogP contribution in [-0.2, 0) is 4.79 Å². The number of likely N-dealkylation sites (N-methyl/N-ethyl adjacent to an activating group) is 1. The van der Waals surface area contributed by atoms with Crippen molar-refractivity contribution in [2.45, 2.75) is 25.3 Å². The van der Waals surface area contributed by atoms with Crippen LogP contribution in [0, 0.1) is 0 Å².